The van der Waals surface area contributed by atoms with Crippen LogP contribution in [-0.2, 0) is 0 Å². The van der Waals surface area contributed by atoms with Crippen molar-refractivity contribution in [2.45, 2.75) is 35.8 Å². The van der Waals surface area contributed by atoms with Crippen LogP contribution in [0.2, 0.25) is 0 Å². The number of piperidine rings is 1. The maximum atomic E-state index is 13.5. The number of primary amides is 1. The van der Waals surface area contributed by atoms with E-state index in [-0.39, 0.29) is 16.4 Å². The Bertz CT molecular complexity index is 1200. The van der Waals surface area contributed by atoms with Crippen LogP contribution in [0.25, 0.3) is 6.08 Å². The molecule has 8 nitrogen and oxygen atoms in total. The Balaban J connectivity index is 1.53. The van der Waals surface area contributed by atoms with Crippen molar-refractivity contribution in [3.63, 3.8) is 0 Å². The van der Waals surface area contributed by atoms with Crippen LogP contribution in [0.15, 0.2) is 34.6 Å². The molecular weight excluding hydrogens is 472 g/mol. The van der Waals surface area contributed by atoms with Gasteiger partial charge in [0.1, 0.15) is 10.8 Å². The number of benzene rings is 1. The average molecular weight is 499 g/mol. The molecule has 34 heavy (non-hydrogen) atoms. The van der Waals surface area contributed by atoms with Crippen molar-refractivity contribution in [1.29, 1.82) is 5.41 Å². The third-order valence-corrected chi connectivity index (χ3v) is 8.52. The number of allylic oxidation sites excluding steroid dienone is 1. The highest BCUT2D eigenvalue weighted by molar-refractivity contribution is 8.01. The number of ketones is 1. The fraction of sp³-hybridized carbons (Fsp3) is 0.333. The Morgan fingerprint density at radius 2 is 2.03 bits per heavy atom. The Hall–Kier alpha value is -3.11. The molecule has 3 amide bonds. The summed E-state index contributed by atoms with van der Waals surface area (Å²) in [7, 11) is 1.59. The minimum Gasteiger partial charge on any atom is -0.497 e. The summed E-state index contributed by atoms with van der Waals surface area (Å²) in [5.41, 5.74) is 7.37. The lowest BCUT2D eigenvalue weighted by atomic mass is 9.87. The number of nitrogens with two attached hydrogens (primary N) is 1. The van der Waals surface area contributed by atoms with Gasteiger partial charge >= 0.3 is 6.03 Å². The molecule has 2 aliphatic rings. The smallest absolute Gasteiger partial charge is 0.317 e. The van der Waals surface area contributed by atoms with Crippen LogP contribution in [0.5, 0.6) is 5.75 Å². The molecule has 0 atom stereocenters. The normalized spacial score (nSPS) is 17.0. The predicted octanol–water partition coefficient (Wildman–Crippen LogP) is 4.65. The monoisotopic (exact) mass is 498 g/mol. The van der Waals surface area contributed by atoms with Crippen LogP contribution in [0.4, 0.5) is 9.80 Å². The summed E-state index contributed by atoms with van der Waals surface area (Å²) in [5.74, 6) is 0.579. The van der Waals surface area contributed by atoms with Crippen LogP contribution in [0.1, 0.15) is 52.5 Å². The highest BCUT2D eigenvalue weighted by Crippen LogP contribution is 2.49. The molecule has 2 aliphatic heterocycles. The van der Waals surface area contributed by atoms with Crippen LogP contribution in [0, 0.1) is 5.41 Å². The van der Waals surface area contributed by atoms with Crippen LogP contribution < -0.4 is 15.8 Å². The summed E-state index contributed by atoms with van der Waals surface area (Å²) in [6.45, 7) is 2.65. The molecule has 1 saturated heterocycles. The van der Waals surface area contributed by atoms with E-state index in [4.69, 9.17) is 15.9 Å². The molecule has 1 aromatic heterocycles. The Kier molecular flexibility index (Phi) is 6.81. The SMILES string of the molecule is COc1ccc2c(c1)C(=O)CC1(CCN(C(=O)c3c(/C=C\C(C)=N)csc3NC(N)=O)CC1)S2. The van der Waals surface area contributed by atoms with Crippen LogP contribution >= 0.6 is 23.1 Å². The van der Waals surface area contributed by atoms with Gasteiger partial charge in [-0.15, -0.1) is 23.1 Å². The summed E-state index contributed by atoms with van der Waals surface area (Å²) >= 11 is 2.95. The van der Waals surface area contributed by atoms with Crippen molar-refractivity contribution in [2.75, 3.05) is 25.5 Å². The maximum absolute atomic E-state index is 13.5. The largest absolute Gasteiger partial charge is 0.497 e. The molecule has 178 valence electrons. The summed E-state index contributed by atoms with van der Waals surface area (Å²) < 4.78 is 5.02. The number of nitrogens with one attached hydrogen (secondary N) is 2. The number of rotatable bonds is 5. The summed E-state index contributed by atoms with van der Waals surface area (Å²) in [6.07, 6.45) is 5.11. The highest BCUT2D eigenvalue weighted by Gasteiger charge is 2.43. The fourth-order valence-electron chi connectivity index (χ4n) is 4.29. The van der Waals surface area contributed by atoms with Crippen LogP contribution in [0.3, 0.4) is 0 Å². The Morgan fingerprint density at radius 3 is 2.68 bits per heavy atom. The van der Waals surface area contributed by atoms with E-state index >= 15 is 0 Å². The van der Waals surface area contributed by atoms with E-state index in [1.165, 1.54) is 11.3 Å². The number of hydrogen-bond donors (Lipinski definition) is 3. The van der Waals surface area contributed by atoms with E-state index in [2.05, 4.69) is 5.32 Å². The standard InChI is InChI=1S/C24H26N4O4S2/c1-14(25)3-4-15-13-33-21(27-23(26)31)20(15)22(30)28-9-7-24(8-10-28)12-18(29)17-11-16(32-2)5-6-19(17)34-24/h3-6,11,13,25H,7-10,12H2,1-2H3,(H3,26,27,31)/b4-3-,25-14?. The van der Waals surface area contributed by atoms with Gasteiger partial charge in [-0.2, -0.15) is 0 Å². The molecule has 1 spiro atoms. The number of carbonyl (C=O) groups excluding carboxylic acids is 3. The quantitative estimate of drug-likeness (QED) is 0.517. The molecule has 0 aliphatic carbocycles. The van der Waals surface area contributed by atoms with Gasteiger partial charge in [0, 0.05) is 51.4 Å². The molecule has 4 rings (SSSR count). The van der Waals surface area contributed by atoms with Crippen LogP contribution in [-0.4, -0.2) is 53.3 Å². The number of anilines is 1. The van der Waals surface area contributed by atoms with Crippen molar-refractivity contribution in [3.8, 4) is 5.75 Å². The third kappa shape index (κ3) is 4.88. The number of fused-ring (bicyclic) bond motifs is 1. The Morgan fingerprint density at radius 1 is 1.29 bits per heavy atom. The summed E-state index contributed by atoms with van der Waals surface area (Å²) in [4.78, 5) is 40.6. The zero-order valence-corrected chi connectivity index (χ0v) is 20.6. The van der Waals surface area contributed by atoms with Gasteiger partial charge in [-0.05, 0) is 44.0 Å². The molecule has 0 saturated carbocycles. The number of thioether (sulfide) groups is 1. The van der Waals surface area contributed by atoms with Crippen molar-refractivity contribution >= 4 is 57.6 Å². The Labute approximate surface area is 206 Å². The summed E-state index contributed by atoms with van der Waals surface area (Å²) in [5, 5.41) is 12.3. The first-order valence-electron chi connectivity index (χ1n) is 10.8. The molecule has 0 bridgehead atoms. The number of Topliss-reactive ketones (excluding diaryl/α,β-unsaturated/α-hetero) is 1. The van der Waals surface area contributed by atoms with Gasteiger partial charge < -0.3 is 20.8 Å². The highest BCUT2D eigenvalue weighted by atomic mass is 32.2. The first kappa shape index (κ1) is 24.0. The van der Waals surface area contributed by atoms with Crippen molar-refractivity contribution in [2.24, 2.45) is 5.73 Å². The molecular formula is C24H26N4O4S2. The number of amides is 3. The molecule has 3 heterocycles. The van der Waals surface area contributed by atoms with Crippen molar-refractivity contribution in [1.82, 2.24) is 4.90 Å². The average Bonchev–Trinajstić information content (AvgIpc) is 3.19. The van der Waals surface area contributed by atoms with Gasteiger partial charge in [-0.3, -0.25) is 14.9 Å². The predicted molar refractivity (Wildman–Crippen MR) is 136 cm³/mol. The first-order valence-corrected chi connectivity index (χ1v) is 12.5. The minimum atomic E-state index is -0.736. The zero-order chi connectivity index (χ0) is 24.5. The number of carbonyl (C=O) groups is 3. The molecule has 10 heteroatoms. The van der Waals surface area contributed by atoms with E-state index in [1.54, 1.807) is 54.3 Å². The second-order valence-corrected chi connectivity index (χ2v) is 10.8. The van der Waals surface area contributed by atoms with E-state index < -0.39 is 6.03 Å². The summed E-state index contributed by atoms with van der Waals surface area (Å²) in [6, 6.07) is 4.86. The number of hydrogen-bond acceptors (Lipinski definition) is 7. The zero-order valence-electron chi connectivity index (χ0n) is 19.0. The lowest BCUT2D eigenvalue weighted by Gasteiger charge is -2.43. The molecule has 1 fully saturated rings. The van der Waals surface area contributed by atoms with Gasteiger partial charge in [0.05, 0.1) is 12.7 Å². The van der Waals surface area contributed by atoms with Crippen molar-refractivity contribution in [3.05, 3.63) is 46.3 Å². The van der Waals surface area contributed by atoms with Gasteiger partial charge in [0.15, 0.2) is 5.78 Å². The van der Waals surface area contributed by atoms with E-state index in [1.807, 2.05) is 12.1 Å². The molecule has 0 radical (unpaired) electrons. The maximum Gasteiger partial charge on any atom is 0.317 e. The number of likely N-dealkylation sites (tertiary alicyclic amines) is 1. The second kappa shape index (κ2) is 9.63. The number of methoxy groups -OCH3 is 1. The topological polar surface area (TPSA) is 126 Å². The van der Waals surface area contributed by atoms with Gasteiger partial charge in [-0.25, -0.2) is 4.79 Å². The van der Waals surface area contributed by atoms with E-state index in [0.717, 1.165) is 4.90 Å². The number of nitrogens with zero attached hydrogens (tertiary/aromatic N) is 1. The first-order chi connectivity index (χ1) is 16.2. The molecule has 4 N–H and O–H groups in total. The van der Waals surface area contributed by atoms with Gasteiger partial charge in [-0.1, -0.05) is 6.08 Å². The van der Waals surface area contributed by atoms with Gasteiger partial charge in [0.25, 0.3) is 5.91 Å². The third-order valence-electron chi connectivity index (χ3n) is 6.04. The number of ether oxygens (including phenoxy) is 1. The number of thiophene rings is 1. The molecule has 0 unspecified atom stereocenters. The van der Waals surface area contributed by atoms with Gasteiger partial charge in [0.2, 0.25) is 0 Å². The van der Waals surface area contributed by atoms with E-state index in [0.29, 0.717) is 65.5 Å². The van der Waals surface area contributed by atoms with Crippen molar-refractivity contribution < 1.29 is 19.1 Å². The van der Waals surface area contributed by atoms with E-state index in [9.17, 15) is 14.4 Å². The molecule has 1 aromatic carbocycles. The number of urea groups is 1. The lowest BCUT2D eigenvalue weighted by Crippen LogP contribution is -2.47. The molecule has 2 aromatic rings. The fourth-order valence-corrected chi connectivity index (χ4v) is 6.69. The lowest BCUT2D eigenvalue weighted by molar-refractivity contribution is 0.0697. The second-order valence-electron chi connectivity index (χ2n) is 8.44. The minimum absolute atomic E-state index is 0.104.